The van der Waals surface area contributed by atoms with Gasteiger partial charge in [-0.3, -0.25) is 0 Å². The van der Waals surface area contributed by atoms with E-state index in [1.54, 1.807) is 0 Å². The predicted octanol–water partition coefficient (Wildman–Crippen LogP) is 8.97. The number of benzene rings is 3. The van der Waals surface area contributed by atoms with Crippen LogP contribution in [-0.4, -0.2) is 27.0 Å². The molecule has 3 aromatic carbocycles. The molecule has 0 saturated heterocycles. The first-order chi connectivity index (χ1) is 22.2. The molecule has 48 heavy (non-hydrogen) atoms. The molecule has 0 radical (unpaired) electrons. The van der Waals surface area contributed by atoms with Gasteiger partial charge in [-0.1, -0.05) is 67.6 Å². The summed E-state index contributed by atoms with van der Waals surface area (Å²) in [4.78, 5) is 0. The number of allylic oxidation sites excluding steroid dienone is 2. The molecule has 18 heteroatoms. The molecule has 0 N–H and O–H groups in total. The van der Waals surface area contributed by atoms with Crippen LogP contribution in [0.25, 0.3) is 0 Å². The molecule has 0 atom stereocenters. The van der Waals surface area contributed by atoms with Crippen LogP contribution >= 0.6 is 0 Å². The normalized spacial score (nSPS) is 20.0. The van der Waals surface area contributed by atoms with Crippen molar-refractivity contribution in [2.45, 2.75) is 48.4 Å². The van der Waals surface area contributed by atoms with E-state index in [0.29, 0.717) is 12.1 Å². The number of hydrogen-bond acceptors (Lipinski definition) is 1. The monoisotopic (exact) mass is 718 g/mol. The van der Waals surface area contributed by atoms with Gasteiger partial charge in [-0.15, -0.1) is 0 Å². The summed E-state index contributed by atoms with van der Waals surface area (Å²) in [5, 5.41) is -4.60. The molecule has 0 fully saturated rings. The summed E-state index contributed by atoms with van der Waals surface area (Å²) >= 11 is -3.26. The SMILES string of the molecule is C[CH](C)[Al]([O]C1(F)C(F)=C(F)C(B(c2c(F)c(F)c(F)c(F)c2F)c2c(F)c(F)c(F)c(F)c2F)(c2ccccc2)C(F)=C1F)[CH](C)C. The van der Waals surface area contributed by atoms with Crippen LogP contribution in [0.3, 0.4) is 0 Å². The zero-order chi connectivity index (χ0) is 36.4. The maximum atomic E-state index is 16.8. The fourth-order valence-corrected chi connectivity index (χ4v) is 8.52. The summed E-state index contributed by atoms with van der Waals surface area (Å²) < 4.78 is 234. The summed E-state index contributed by atoms with van der Waals surface area (Å²) in [6.45, 7) is 1.48. The molecule has 3 aromatic rings. The summed E-state index contributed by atoms with van der Waals surface area (Å²) in [6, 6.07) is 3.52. The molecule has 0 saturated carbocycles. The van der Waals surface area contributed by atoms with Gasteiger partial charge in [-0.2, -0.15) is 4.39 Å². The predicted molar refractivity (Wildman–Crippen MR) is 145 cm³/mol. The Morgan fingerprint density at radius 2 is 0.812 bits per heavy atom. The van der Waals surface area contributed by atoms with Crippen molar-refractivity contribution in [1.29, 1.82) is 0 Å². The van der Waals surface area contributed by atoms with Gasteiger partial charge in [0.2, 0.25) is 11.7 Å². The second-order valence-corrected chi connectivity index (χ2v) is 15.3. The lowest BCUT2D eigenvalue weighted by Crippen LogP contribution is -2.65. The van der Waals surface area contributed by atoms with Crippen molar-refractivity contribution >= 4 is 32.1 Å². The van der Waals surface area contributed by atoms with Crippen LogP contribution in [0.15, 0.2) is 53.6 Å². The highest BCUT2D eigenvalue weighted by atomic mass is 27.2. The van der Waals surface area contributed by atoms with E-state index in [9.17, 15) is 26.3 Å². The van der Waals surface area contributed by atoms with E-state index in [2.05, 4.69) is 0 Å². The van der Waals surface area contributed by atoms with Gasteiger partial charge in [0.25, 0.3) is 12.6 Å². The second-order valence-electron chi connectivity index (χ2n) is 11.5. The van der Waals surface area contributed by atoms with Crippen molar-refractivity contribution in [3.63, 3.8) is 0 Å². The molecule has 0 unspecified atom stereocenters. The first-order valence-corrected chi connectivity index (χ1v) is 15.6. The first kappa shape index (κ1) is 37.5. The molecule has 0 aromatic heterocycles. The first-order valence-electron chi connectivity index (χ1n) is 13.8. The maximum absolute atomic E-state index is 16.8. The van der Waals surface area contributed by atoms with Gasteiger partial charge >= 0.3 is 14.5 Å². The number of halogens is 15. The summed E-state index contributed by atoms with van der Waals surface area (Å²) in [6.07, 6.45) is 0. The third-order valence-electron chi connectivity index (χ3n) is 7.98. The highest BCUT2D eigenvalue weighted by molar-refractivity contribution is 6.89. The zero-order valence-electron chi connectivity index (χ0n) is 24.8. The Morgan fingerprint density at radius 3 is 1.12 bits per heavy atom. The quantitative estimate of drug-likeness (QED) is 0.0979. The molecular weight excluding hydrogens is 699 g/mol. The zero-order valence-corrected chi connectivity index (χ0v) is 25.9. The number of hydrogen-bond donors (Lipinski definition) is 0. The Labute approximate surface area is 267 Å². The Bertz CT molecular complexity index is 1680. The topological polar surface area (TPSA) is 9.23 Å². The summed E-state index contributed by atoms with van der Waals surface area (Å²) in [5.74, 6) is -47.5. The van der Waals surface area contributed by atoms with E-state index in [0.717, 1.165) is 18.2 Å². The highest BCUT2D eigenvalue weighted by Crippen LogP contribution is 2.56. The Kier molecular flexibility index (Phi) is 10.3. The van der Waals surface area contributed by atoms with E-state index in [1.165, 1.54) is 27.7 Å². The van der Waals surface area contributed by atoms with Gasteiger partial charge < -0.3 is 3.79 Å². The number of rotatable bonds is 8. The van der Waals surface area contributed by atoms with Crippen molar-refractivity contribution in [1.82, 2.24) is 0 Å². The third kappa shape index (κ3) is 5.34. The minimum absolute atomic E-state index is 0.455. The highest BCUT2D eigenvalue weighted by Gasteiger charge is 2.66. The van der Waals surface area contributed by atoms with Gasteiger partial charge in [0.1, 0.15) is 11.7 Å². The van der Waals surface area contributed by atoms with Gasteiger partial charge in [0, 0.05) is 10.9 Å². The van der Waals surface area contributed by atoms with Crippen molar-refractivity contribution in [3.8, 4) is 0 Å². The Hall–Kier alpha value is -3.35. The molecule has 1 nitrogen and oxygen atoms in total. The van der Waals surface area contributed by atoms with E-state index >= 15 is 39.5 Å². The average molecular weight is 718 g/mol. The molecule has 0 amide bonds. The number of alkyl halides is 1. The molecule has 4 rings (SSSR count). The Morgan fingerprint density at radius 1 is 0.500 bits per heavy atom. The Balaban J connectivity index is 2.34. The van der Waals surface area contributed by atoms with Crippen LogP contribution in [0.5, 0.6) is 0 Å². The molecular formula is C30H19AlBF15O. The third-order valence-corrected chi connectivity index (χ3v) is 11.2. The van der Waals surface area contributed by atoms with Crippen molar-refractivity contribution in [3.05, 3.63) is 117 Å². The van der Waals surface area contributed by atoms with Crippen LogP contribution in [0.1, 0.15) is 33.3 Å². The molecule has 0 bridgehead atoms. The minimum atomic E-state index is -4.81. The maximum Gasteiger partial charge on any atom is 0.469 e. The lowest BCUT2D eigenvalue weighted by molar-refractivity contribution is -0.0464. The van der Waals surface area contributed by atoms with E-state index in [4.69, 9.17) is 3.79 Å². The fourth-order valence-electron chi connectivity index (χ4n) is 5.86. The summed E-state index contributed by atoms with van der Waals surface area (Å²) in [7, 11) is 0. The van der Waals surface area contributed by atoms with Crippen LogP contribution in [0.2, 0.25) is 9.56 Å². The van der Waals surface area contributed by atoms with Crippen LogP contribution in [0, 0.1) is 58.2 Å². The van der Waals surface area contributed by atoms with Gasteiger partial charge in [-0.05, 0) is 5.56 Å². The molecule has 0 heterocycles. The molecule has 0 aliphatic heterocycles. The van der Waals surface area contributed by atoms with Gasteiger partial charge in [-0.25, -0.2) is 61.5 Å². The fraction of sp³-hybridized carbons (Fsp3) is 0.267. The largest absolute Gasteiger partial charge is 0.469 e. The second kappa shape index (κ2) is 13.2. The lowest BCUT2D eigenvalue weighted by Gasteiger charge is -2.43. The minimum Gasteiger partial charge on any atom is -0.461 e. The molecule has 0 spiro atoms. The van der Waals surface area contributed by atoms with Gasteiger partial charge in [0.05, 0.1) is 5.31 Å². The van der Waals surface area contributed by atoms with Crippen molar-refractivity contribution < 1.29 is 69.6 Å². The van der Waals surface area contributed by atoms with E-state index in [-0.39, 0.29) is 0 Å². The van der Waals surface area contributed by atoms with Crippen LogP contribution in [-0.2, 0) is 9.10 Å². The lowest BCUT2D eigenvalue weighted by atomic mass is 9.24. The van der Waals surface area contributed by atoms with Crippen LogP contribution < -0.4 is 10.9 Å². The average Bonchev–Trinajstić information content (AvgIpc) is 3.05. The molecule has 256 valence electrons. The van der Waals surface area contributed by atoms with Crippen LogP contribution in [0.4, 0.5) is 65.9 Å². The smallest absolute Gasteiger partial charge is 0.461 e. The molecule has 1 aliphatic carbocycles. The van der Waals surface area contributed by atoms with E-state index in [1.807, 2.05) is 0 Å². The standard InChI is InChI=1S/C24H5BF15O.2C3H7.Al/c26-9-7(10(27)14(31)17(34)13(9)30)25(8-11(28)15(32)18(35)16(33)12(8)29)23(6-4-2-1-3-5-6)19(36)21(38)24(40,41)22(39)20(23)37;2*1-3-2;/h1-5H;2*3H,1-2H3;/q-1;;;+1. The van der Waals surface area contributed by atoms with Crippen molar-refractivity contribution in [2.24, 2.45) is 0 Å². The molecule has 1 aliphatic rings. The summed E-state index contributed by atoms with van der Waals surface area (Å²) in [5.41, 5.74) is -6.77. The van der Waals surface area contributed by atoms with Gasteiger partial charge in [0.15, 0.2) is 58.2 Å². The van der Waals surface area contributed by atoms with E-state index < -0.39 is 140 Å². The van der Waals surface area contributed by atoms with Crippen molar-refractivity contribution in [2.75, 3.05) is 0 Å².